The summed E-state index contributed by atoms with van der Waals surface area (Å²) in [6.45, 7) is 13.9. The molecule has 0 spiro atoms. The second-order valence-electron chi connectivity index (χ2n) is 5.58. The van der Waals surface area contributed by atoms with Crippen LogP contribution in [0, 0.1) is 5.92 Å². The molecule has 1 atom stereocenters. The van der Waals surface area contributed by atoms with E-state index in [1.807, 2.05) is 20.8 Å². The molecular weight excluding hydrogens is 200 g/mol. The zero-order valence-corrected chi connectivity index (χ0v) is 11.0. The van der Waals surface area contributed by atoms with E-state index < -0.39 is 0 Å². The van der Waals surface area contributed by atoms with E-state index >= 15 is 0 Å². The van der Waals surface area contributed by atoms with E-state index in [1.54, 1.807) is 0 Å². The molecule has 0 aromatic rings. The van der Waals surface area contributed by atoms with Gasteiger partial charge in [-0.1, -0.05) is 6.58 Å². The number of carbonyl (C=O) groups is 1. The van der Waals surface area contributed by atoms with Gasteiger partial charge in [0.25, 0.3) is 0 Å². The fourth-order valence-electron chi connectivity index (χ4n) is 2.02. The fourth-order valence-corrected chi connectivity index (χ4v) is 2.02. The van der Waals surface area contributed by atoms with Crippen LogP contribution in [0.15, 0.2) is 12.3 Å². The van der Waals surface area contributed by atoms with Crippen molar-refractivity contribution in [1.29, 1.82) is 0 Å². The first-order chi connectivity index (χ1) is 7.33. The zero-order chi connectivity index (χ0) is 12.3. The van der Waals surface area contributed by atoms with Gasteiger partial charge in [0.2, 0.25) is 5.91 Å². The van der Waals surface area contributed by atoms with Crippen molar-refractivity contribution in [2.45, 2.75) is 46.1 Å². The Balaban J connectivity index is 2.55. The standard InChI is InChI=1S/C13H24N2O/c1-6-15-9-11(8-7-10(15)2)12(16)14-13(3,4)5/h11H,2,6-9H2,1,3-5H3,(H,14,16). The minimum atomic E-state index is -0.136. The maximum atomic E-state index is 12.0. The second kappa shape index (κ2) is 4.89. The van der Waals surface area contributed by atoms with Crippen molar-refractivity contribution in [3.05, 3.63) is 12.3 Å². The van der Waals surface area contributed by atoms with E-state index in [1.165, 1.54) is 5.70 Å². The third-order valence-electron chi connectivity index (χ3n) is 2.92. The molecule has 1 saturated heterocycles. The molecule has 0 aromatic heterocycles. The molecule has 1 aliphatic rings. The summed E-state index contributed by atoms with van der Waals surface area (Å²) in [5, 5.41) is 3.05. The van der Waals surface area contributed by atoms with Crippen LogP contribution in [0.1, 0.15) is 40.5 Å². The van der Waals surface area contributed by atoms with Gasteiger partial charge in [-0.25, -0.2) is 0 Å². The summed E-state index contributed by atoms with van der Waals surface area (Å²) in [5.74, 6) is 0.295. The van der Waals surface area contributed by atoms with Gasteiger partial charge in [-0.05, 0) is 40.5 Å². The zero-order valence-electron chi connectivity index (χ0n) is 11.0. The van der Waals surface area contributed by atoms with E-state index in [2.05, 4.69) is 23.7 Å². The first-order valence-electron chi connectivity index (χ1n) is 6.08. The fraction of sp³-hybridized carbons (Fsp3) is 0.769. The van der Waals surface area contributed by atoms with Gasteiger partial charge in [-0.15, -0.1) is 0 Å². The molecule has 1 heterocycles. The predicted molar refractivity (Wildman–Crippen MR) is 67.0 cm³/mol. The van der Waals surface area contributed by atoms with Crippen molar-refractivity contribution in [2.75, 3.05) is 13.1 Å². The molecule has 0 radical (unpaired) electrons. The van der Waals surface area contributed by atoms with Crippen LogP contribution in [0.3, 0.4) is 0 Å². The summed E-state index contributed by atoms with van der Waals surface area (Å²) in [6, 6.07) is 0. The van der Waals surface area contributed by atoms with Gasteiger partial charge < -0.3 is 10.2 Å². The Morgan fingerprint density at radius 1 is 1.56 bits per heavy atom. The summed E-state index contributed by atoms with van der Waals surface area (Å²) in [6.07, 6.45) is 1.87. The maximum Gasteiger partial charge on any atom is 0.225 e. The number of hydrogen-bond acceptors (Lipinski definition) is 2. The molecule has 92 valence electrons. The lowest BCUT2D eigenvalue weighted by molar-refractivity contribution is -0.127. The van der Waals surface area contributed by atoms with Crippen molar-refractivity contribution in [3.63, 3.8) is 0 Å². The average molecular weight is 224 g/mol. The van der Waals surface area contributed by atoms with E-state index in [-0.39, 0.29) is 17.4 Å². The van der Waals surface area contributed by atoms with Crippen LogP contribution in [0.2, 0.25) is 0 Å². The quantitative estimate of drug-likeness (QED) is 0.779. The normalized spacial score (nSPS) is 22.1. The number of carbonyl (C=O) groups excluding carboxylic acids is 1. The molecule has 0 bridgehead atoms. The average Bonchev–Trinajstić information content (AvgIpc) is 2.15. The van der Waals surface area contributed by atoms with Crippen LogP contribution in [-0.4, -0.2) is 29.4 Å². The molecule has 0 aromatic carbocycles. The predicted octanol–water partition coefficient (Wildman–Crippen LogP) is 2.15. The Kier molecular flexibility index (Phi) is 4.00. The summed E-state index contributed by atoms with van der Waals surface area (Å²) in [7, 11) is 0. The topological polar surface area (TPSA) is 32.3 Å². The molecule has 3 nitrogen and oxygen atoms in total. The van der Waals surface area contributed by atoms with Gasteiger partial charge >= 0.3 is 0 Å². The van der Waals surface area contributed by atoms with Crippen LogP contribution in [0.4, 0.5) is 0 Å². The van der Waals surface area contributed by atoms with Crippen LogP contribution < -0.4 is 5.32 Å². The molecule has 0 saturated carbocycles. The molecule has 1 rings (SSSR count). The van der Waals surface area contributed by atoms with Crippen molar-refractivity contribution in [2.24, 2.45) is 5.92 Å². The molecule has 1 N–H and O–H groups in total. The Morgan fingerprint density at radius 3 is 2.69 bits per heavy atom. The van der Waals surface area contributed by atoms with Gasteiger partial charge in [0.15, 0.2) is 0 Å². The van der Waals surface area contributed by atoms with Crippen LogP contribution >= 0.6 is 0 Å². The molecule has 1 aliphatic heterocycles. The van der Waals surface area contributed by atoms with Crippen LogP contribution in [0.5, 0.6) is 0 Å². The first-order valence-corrected chi connectivity index (χ1v) is 6.08. The molecule has 1 unspecified atom stereocenters. The van der Waals surface area contributed by atoms with Crippen LogP contribution in [0.25, 0.3) is 0 Å². The highest BCUT2D eigenvalue weighted by atomic mass is 16.2. The number of nitrogens with zero attached hydrogens (tertiary/aromatic N) is 1. The SMILES string of the molecule is C=C1CCC(C(=O)NC(C)(C)C)CN1CC. The number of allylic oxidation sites excluding steroid dienone is 1. The van der Waals surface area contributed by atoms with Crippen molar-refractivity contribution >= 4 is 5.91 Å². The van der Waals surface area contributed by atoms with Crippen LogP contribution in [-0.2, 0) is 4.79 Å². The summed E-state index contributed by atoms with van der Waals surface area (Å²) < 4.78 is 0. The lowest BCUT2D eigenvalue weighted by atomic mass is 9.94. The first kappa shape index (κ1) is 13.1. The van der Waals surface area contributed by atoms with E-state index in [9.17, 15) is 4.79 Å². The van der Waals surface area contributed by atoms with Gasteiger partial charge in [-0.2, -0.15) is 0 Å². The number of amides is 1. The summed E-state index contributed by atoms with van der Waals surface area (Å²) in [5.41, 5.74) is 1.03. The largest absolute Gasteiger partial charge is 0.375 e. The Morgan fingerprint density at radius 2 is 2.19 bits per heavy atom. The third kappa shape index (κ3) is 3.54. The van der Waals surface area contributed by atoms with Crippen molar-refractivity contribution in [1.82, 2.24) is 10.2 Å². The highest BCUT2D eigenvalue weighted by Crippen LogP contribution is 2.23. The Labute approximate surface area is 98.9 Å². The smallest absolute Gasteiger partial charge is 0.225 e. The number of nitrogens with one attached hydrogen (secondary N) is 1. The minimum absolute atomic E-state index is 0.115. The van der Waals surface area contributed by atoms with Gasteiger partial charge in [-0.3, -0.25) is 4.79 Å². The molecule has 3 heteroatoms. The second-order valence-corrected chi connectivity index (χ2v) is 5.58. The highest BCUT2D eigenvalue weighted by molar-refractivity contribution is 5.79. The van der Waals surface area contributed by atoms with Crippen molar-refractivity contribution < 1.29 is 4.79 Å². The maximum absolute atomic E-state index is 12.0. The van der Waals surface area contributed by atoms with Gasteiger partial charge in [0.1, 0.15) is 0 Å². The summed E-state index contributed by atoms with van der Waals surface area (Å²) >= 11 is 0. The lowest BCUT2D eigenvalue weighted by Gasteiger charge is -2.35. The van der Waals surface area contributed by atoms with E-state index in [4.69, 9.17) is 0 Å². The molecule has 16 heavy (non-hydrogen) atoms. The molecule has 1 fully saturated rings. The number of piperidine rings is 1. The lowest BCUT2D eigenvalue weighted by Crippen LogP contribution is -2.48. The minimum Gasteiger partial charge on any atom is -0.375 e. The monoisotopic (exact) mass is 224 g/mol. The molecule has 1 amide bonds. The Bertz CT molecular complexity index is 278. The third-order valence-corrected chi connectivity index (χ3v) is 2.92. The van der Waals surface area contributed by atoms with E-state index in [0.717, 1.165) is 25.9 Å². The summed E-state index contributed by atoms with van der Waals surface area (Å²) in [4.78, 5) is 14.2. The highest BCUT2D eigenvalue weighted by Gasteiger charge is 2.28. The van der Waals surface area contributed by atoms with Gasteiger partial charge in [0.05, 0.1) is 5.92 Å². The number of rotatable bonds is 2. The van der Waals surface area contributed by atoms with E-state index in [0.29, 0.717) is 0 Å². The molecule has 0 aliphatic carbocycles. The van der Waals surface area contributed by atoms with Crippen molar-refractivity contribution in [3.8, 4) is 0 Å². The number of likely N-dealkylation sites (tertiary alicyclic amines) is 1. The molecular formula is C13H24N2O. The number of hydrogen-bond donors (Lipinski definition) is 1. The van der Waals surface area contributed by atoms with Gasteiger partial charge in [0, 0.05) is 24.3 Å². The Hall–Kier alpha value is -0.990.